The van der Waals surface area contributed by atoms with E-state index in [9.17, 15) is 5.11 Å². The zero-order chi connectivity index (χ0) is 28.6. The van der Waals surface area contributed by atoms with Crippen molar-refractivity contribution >= 4 is 31.4 Å². The molecule has 1 saturated heterocycles. The molecule has 0 aliphatic carbocycles. The highest BCUT2D eigenvalue weighted by atomic mass is 16.6. The van der Waals surface area contributed by atoms with Gasteiger partial charge in [0.2, 0.25) is 5.88 Å². The van der Waals surface area contributed by atoms with Crippen molar-refractivity contribution in [1.29, 1.82) is 0 Å². The average molecular weight is 529 g/mol. The predicted molar refractivity (Wildman–Crippen MR) is 154 cm³/mol. The first-order valence-electron chi connectivity index (χ1n) is 12.9. The first-order chi connectivity index (χ1) is 19.1. The number of aromatic nitrogens is 1. The standard InChI is InChI=1S/C29H27B4NO6/c1-2-24-25(13-10-20-8-11-22(12-9-20)40-29(32,33)28(30,31)35)34-27(39-19-23-18-36-14-15-37-23)16-26(24)38-17-21-6-4-3-5-7-21/h3-9,11-12,16,23,35H,2,14-15,17-19H2,1H3. The van der Waals surface area contributed by atoms with Crippen LogP contribution < -0.4 is 14.2 Å². The molecule has 0 amide bonds. The van der Waals surface area contributed by atoms with E-state index in [1.54, 1.807) is 30.3 Å². The Hall–Kier alpha value is -3.31. The van der Waals surface area contributed by atoms with Crippen molar-refractivity contribution in [3.05, 3.63) is 83.0 Å². The SMILES string of the molecule is [B]C([B])(O)C([B])([B])Oc1ccc(C#Cc2nc(OCC3COCCO3)cc(OCc3ccccc3)c2CC)cc1. The molecule has 8 radical (unpaired) electrons. The van der Waals surface area contributed by atoms with E-state index < -0.39 is 10.8 Å². The van der Waals surface area contributed by atoms with Crippen molar-refractivity contribution < 1.29 is 28.8 Å². The molecule has 2 heterocycles. The van der Waals surface area contributed by atoms with Crippen molar-refractivity contribution in [3.63, 3.8) is 0 Å². The molecule has 11 heteroatoms. The molecule has 1 unspecified atom stereocenters. The minimum absolute atomic E-state index is 0.180. The number of nitrogens with zero attached hydrogens (tertiary/aromatic N) is 1. The lowest BCUT2D eigenvalue weighted by Crippen LogP contribution is -2.60. The molecule has 1 aliphatic heterocycles. The molecular weight excluding hydrogens is 502 g/mol. The predicted octanol–water partition coefficient (Wildman–Crippen LogP) is 1.77. The van der Waals surface area contributed by atoms with Crippen LogP contribution in [0, 0.1) is 11.8 Å². The van der Waals surface area contributed by atoms with Gasteiger partial charge in [-0.05, 0) is 42.2 Å². The summed E-state index contributed by atoms with van der Waals surface area (Å²) < 4.78 is 28.7. The molecule has 3 aromatic rings. The van der Waals surface area contributed by atoms with E-state index in [1.165, 1.54) is 0 Å². The Balaban J connectivity index is 1.57. The monoisotopic (exact) mass is 529 g/mol. The Morgan fingerprint density at radius 1 is 1.00 bits per heavy atom. The Kier molecular flexibility index (Phi) is 9.91. The number of pyridine rings is 1. The fraction of sp³-hybridized carbons (Fsp3) is 0.345. The molecule has 40 heavy (non-hydrogen) atoms. The summed E-state index contributed by atoms with van der Waals surface area (Å²) in [4.78, 5) is 4.67. The third-order valence-corrected chi connectivity index (χ3v) is 6.04. The van der Waals surface area contributed by atoms with E-state index in [0.29, 0.717) is 55.7 Å². The van der Waals surface area contributed by atoms with Crippen LogP contribution in [0.3, 0.4) is 0 Å². The van der Waals surface area contributed by atoms with Crippen LogP contribution in [0.25, 0.3) is 0 Å². The highest BCUT2D eigenvalue weighted by Gasteiger charge is 2.34. The van der Waals surface area contributed by atoms with Gasteiger partial charge in [-0.15, -0.1) is 0 Å². The van der Waals surface area contributed by atoms with Gasteiger partial charge in [-0.3, -0.25) is 0 Å². The maximum absolute atomic E-state index is 9.70. The van der Waals surface area contributed by atoms with Crippen molar-refractivity contribution in [2.24, 2.45) is 0 Å². The topological polar surface area (TPSA) is 79.3 Å². The van der Waals surface area contributed by atoms with E-state index in [0.717, 1.165) is 11.1 Å². The van der Waals surface area contributed by atoms with Gasteiger partial charge in [0.25, 0.3) is 0 Å². The first-order valence-corrected chi connectivity index (χ1v) is 12.9. The van der Waals surface area contributed by atoms with Crippen molar-refractivity contribution in [2.75, 3.05) is 26.4 Å². The van der Waals surface area contributed by atoms with Crippen LogP contribution in [0.2, 0.25) is 0 Å². The molecule has 0 spiro atoms. The minimum Gasteiger partial charge on any atom is -0.506 e. The maximum atomic E-state index is 9.70. The van der Waals surface area contributed by atoms with Gasteiger partial charge >= 0.3 is 0 Å². The number of benzene rings is 2. The fourth-order valence-electron chi connectivity index (χ4n) is 3.73. The number of ether oxygens (including phenoxy) is 5. The number of hydrogen-bond donors (Lipinski definition) is 1. The summed E-state index contributed by atoms with van der Waals surface area (Å²) in [6, 6.07) is 18.2. The summed E-state index contributed by atoms with van der Waals surface area (Å²) in [5, 5.41) is 5.05. The quantitative estimate of drug-likeness (QED) is 0.317. The van der Waals surface area contributed by atoms with Crippen LogP contribution in [-0.4, -0.2) is 84.8 Å². The average Bonchev–Trinajstić information content (AvgIpc) is 2.95. The minimum atomic E-state index is -2.45. The molecule has 2 aromatic carbocycles. The second kappa shape index (κ2) is 13.4. The molecule has 0 bridgehead atoms. The van der Waals surface area contributed by atoms with Gasteiger partial charge in [-0.25, -0.2) is 4.98 Å². The zero-order valence-corrected chi connectivity index (χ0v) is 22.3. The highest BCUT2D eigenvalue weighted by Crippen LogP contribution is 2.28. The zero-order valence-electron chi connectivity index (χ0n) is 22.3. The molecule has 4 rings (SSSR count). The lowest BCUT2D eigenvalue weighted by Gasteiger charge is -2.40. The Labute approximate surface area is 240 Å². The van der Waals surface area contributed by atoms with Gasteiger partial charge in [0.1, 0.15) is 67.9 Å². The Morgan fingerprint density at radius 2 is 1.75 bits per heavy atom. The lowest BCUT2D eigenvalue weighted by molar-refractivity contribution is -0.102. The van der Waals surface area contributed by atoms with E-state index in [-0.39, 0.29) is 18.5 Å². The van der Waals surface area contributed by atoms with Crippen molar-refractivity contribution in [2.45, 2.75) is 36.9 Å². The summed E-state index contributed by atoms with van der Waals surface area (Å²) in [7, 11) is 22.1. The Bertz CT molecular complexity index is 1310. The van der Waals surface area contributed by atoms with Crippen LogP contribution in [0.5, 0.6) is 17.4 Å². The van der Waals surface area contributed by atoms with Gasteiger partial charge in [0.05, 0.1) is 19.8 Å². The van der Waals surface area contributed by atoms with Gasteiger partial charge in [-0.1, -0.05) is 43.2 Å². The summed E-state index contributed by atoms with van der Waals surface area (Å²) in [6.45, 7) is 4.25. The van der Waals surface area contributed by atoms with Crippen molar-refractivity contribution in [1.82, 2.24) is 4.98 Å². The number of aliphatic hydroxyl groups is 1. The van der Waals surface area contributed by atoms with E-state index >= 15 is 0 Å². The third kappa shape index (κ3) is 8.11. The molecule has 1 fully saturated rings. The molecule has 1 atom stereocenters. The molecule has 0 saturated carbocycles. The van der Waals surface area contributed by atoms with E-state index in [1.807, 2.05) is 37.3 Å². The van der Waals surface area contributed by atoms with Crippen LogP contribution in [0.4, 0.5) is 0 Å². The second-order valence-electron chi connectivity index (χ2n) is 9.29. The molecule has 196 valence electrons. The van der Waals surface area contributed by atoms with Crippen LogP contribution in [-0.2, 0) is 22.5 Å². The molecule has 7 nitrogen and oxygen atoms in total. The van der Waals surface area contributed by atoms with Crippen molar-refractivity contribution in [3.8, 4) is 29.2 Å². The summed E-state index contributed by atoms with van der Waals surface area (Å²) in [5.74, 6) is 7.51. The lowest BCUT2D eigenvalue weighted by atomic mass is 9.42. The molecule has 1 aliphatic rings. The first kappa shape index (κ1) is 29.7. The normalized spacial score (nSPS) is 15.5. The Morgan fingerprint density at radius 3 is 2.40 bits per heavy atom. The fourth-order valence-corrected chi connectivity index (χ4v) is 3.73. The third-order valence-electron chi connectivity index (χ3n) is 6.04. The van der Waals surface area contributed by atoms with Gasteiger partial charge in [0, 0.05) is 28.0 Å². The summed E-state index contributed by atoms with van der Waals surface area (Å²) >= 11 is 0. The van der Waals surface area contributed by atoms with Crippen LogP contribution >= 0.6 is 0 Å². The van der Waals surface area contributed by atoms with Gasteiger partial charge in [0.15, 0.2) is 0 Å². The maximum Gasteiger partial charge on any atom is 0.218 e. The number of rotatable bonds is 10. The van der Waals surface area contributed by atoms with Gasteiger partial charge < -0.3 is 28.8 Å². The van der Waals surface area contributed by atoms with E-state index in [4.69, 9.17) is 55.1 Å². The van der Waals surface area contributed by atoms with Gasteiger partial charge in [-0.2, -0.15) is 0 Å². The highest BCUT2D eigenvalue weighted by molar-refractivity contribution is 6.53. The number of hydrogen-bond acceptors (Lipinski definition) is 7. The van der Waals surface area contributed by atoms with Crippen LogP contribution in [0.1, 0.15) is 29.3 Å². The molecular formula is C29H27B4NO6. The summed E-state index contributed by atoms with van der Waals surface area (Å²) in [6.07, 6.45) is 0.463. The summed E-state index contributed by atoms with van der Waals surface area (Å²) in [5.41, 5.74) is 3.09. The van der Waals surface area contributed by atoms with E-state index in [2.05, 4.69) is 16.8 Å². The largest absolute Gasteiger partial charge is 0.506 e. The smallest absolute Gasteiger partial charge is 0.218 e. The van der Waals surface area contributed by atoms with Crippen LogP contribution in [0.15, 0.2) is 60.7 Å². The molecule has 1 aromatic heterocycles. The molecule has 1 N–H and O–H groups in total. The second-order valence-corrected chi connectivity index (χ2v) is 9.29.